The van der Waals surface area contributed by atoms with E-state index in [2.05, 4.69) is 20.7 Å². The number of hydrogen-bond donors (Lipinski definition) is 1. The van der Waals surface area contributed by atoms with Gasteiger partial charge >= 0.3 is 5.97 Å². The lowest BCUT2D eigenvalue weighted by Crippen LogP contribution is -2.01. The predicted octanol–water partition coefficient (Wildman–Crippen LogP) is 3.71. The lowest BCUT2D eigenvalue weighted by Gasteiger charge is -2.09. The number of hydrogen-bond acceptors (Lipinski definition) is 3. The van der Waals surface area contributed by atoms with E-state index in [1.165, 1.54) is 13.2 Å². The fourth-order valence-electron chi connectivity index (χ4n) is 1.55. The highest BCUT2D eigenvalue weighted by atomic mass is 79.9. The van der Waals surface area contributed by atoms with E-state index < -0.39 is 5.82 Å². The third-order valence-electron chi connectivity index (χ3n) is 2.57. The van der Waals surface area contributed by atoms with Gasteiger partial charge in [0.2, 0.25) is 0 Å². The Hall–Kier alpha value is -0.810. The van der Waals surface area contributed by atoms with Crippen LogP contribution < -0.4 is 5.73 Å². The van der Waals surface area contributed by atoms with Crippen LogP contribution in [0.1, 0.15) is 24.8 Å². The number of carbonyl (C=O) groups excluding carboxylic acids is 1. The van der Waals surface area contributed by atoms with Crippen LogP contribution in [0.25, 0.3) is 0 Å². The molecule has 18 heavy (non-hydrogen) atoms. The van der Waals surface area contributed by atoms with Crippen molar-refractivity contribution in [1.82, 2.24) is 0 Å². The van der Waals surface area contributed by atoms with E-state index >= 15 is 0 Å². The zero-order valence-corrected chi connectivity index (χ0v) is 12.3. The number of ether oxygens (including phenoxy) is 1. The standard InChI is InChI=1S/C12H14BrClFNO2/c1-18-10(17)5-3-2-4-7-8(13)6-9(16)12(15)11(7)14/h6H,2-5,16H2,1H3. The van der Waals surface area contributed by atoms with Gasteiger partial charge in [-0.25, -0.2) is 4.39 Å². The Morgan fingerprint density at radius 1 is 1.56 bits per heavy atom. The molecule has 0 aliphatic rings. The molecule has 0 spiro atoms. The highest BCUT2D eigenvalue weighted by molar-refractivity contribution is 9.10. The summed E-state index contributed by atoms with van der Waals surface area (Å²) in [6.07, 6.45) is 2.31. The van der Waals surface area contributed by atoms with Crippen molar-refractivity contribution in [2.24, 2.45) is 0 Å². The lowest BCUT2D eigenvalue weighted by atomic mass is 10.1. The summed E-state index contributed by atoms with van der Waals surface area (Å²) < 4.78 is 18.7. The Morgan fingerprint density at radius 2 is 2.22 bits per heavy atom. The summed E-state index contributed by atoms with van der Waals surface area (Å²) in [4.78, 5) is 10.9. The summed E-state index contributed by atoms with van der Waals surface area (Å²) in [5.74, 6) is -0.841. The second-order valence-electron chi connectivity index (χ2n) is 3.84. The fourth-order valence-corrected chi connectivity index (χ4v) is 2.62. The van der Waals surface area contributed by atoms with E-state index in [0.29, 0.717) is 29.3 Å². The predicted molar refractivity (Wildman–Crippen MR) is 73.1 cm³/mol. The first kappa shape index (κ1) is 15.2. The molecule has 0 aliphatic heterocycles. The first-order valence-corrected chi connectivity index (χ1v) is 6.63. The average molecular weight is 339 g/mol. The van der Waals surface area contributed by atoms with Gasteiger partial charge in [0.25, 0.3) is 0 Å². The van der Waals surface area contributed by atoms with Gasteiger partial charge in [0.1, 0.15) is 0 Å². The van der Waals surface area contributed by atoms with Gasteiger partial charge in [-0.3, -0.25) is 4.79 Å². The maximum Gasteiger partial charge on any atom is 0.305 e. The van der Waals surface area contributed by atoms with Gasteiger partial charge in [-0.1, -0.05) is 27.5 Å². The van der Waals surface area contributed by atoms with Gasteiger partial charge in [0.05, 0.1) is 17.8 Å². The van der Waals surface area contributed by atoms with E-state index in [0.717, 1.165) is 6.42 Å². The molecular weight excluding hydrogens is 324 g/mol. The van der Waals surface area contributed by atoms with Gasteiger partial charge < -0.3 is 10.5 Å². The molecule has 3 nitrogen and oxygen atoms in total. The number of methoxy groups -OCH3 is 1. The van der Waals surface area contributed by atoms with E-state index in [1.54, 1.807) is 0 Å². The number of carbonyl (C=O) groups is 1. The fraction of sp³-hybridized carbons (Fsp3) is 0.417. The van der Waals surface area contributed by atoms with Crippen LogP contribution in [0.15, 0.2) is 10.5 Å². The molecule has 1 aromatic carbocycles. The van der Waals surface area contributed by atoms with Crippen molar-refractivity contribution in [2.45, 2.75) is 25.7 Å². The average Bonchev–Trinajstić information content (AvgIpc) is 2.34. The molecule has 2 N–H and O–H groups in total. The first-order valence-electron chi connectivity index (χ1n) is 5.46. The summed E-state index contributed by atoms with van der Waals surface area (Å²) in [6, 6.07) is 1.50. The van der Waals surface area contributed by atoms with Gasteiger partial charge in [-0.2, -0.15) is 0 Å². The first-order chi connectivity index (χ1) is 8.47. The normalized spacial score (nSPS) is 10.4. The summed E-state index contributed by atoms with van der Waals surface area (Å²) in [5.41, 5.74) is 6.15. The van der Waals surface area contributed by atoms with Crippen LogP contribution in [0.5, 0.6) is 0 Å². The van der Waals surface area contributed by atoms with E-state index in [4.69, 9.17) is 17.3 Å². The number of anilines is 1. The monoisotopic (exact) mass is 337 g/mol. The van der Waals surface area contributed by atoms with Crippen LogP contribution in [0, 0.1) is 5.82 Å². The van der Waals surface area contributed by atoms with Gasteiger partial charge in [0.15, 0.2) is 5.82 Å². The topological polar surface area (TPSA) is 52.3 Å². The van der Waals surface area contributed by atoms with Gasteiger partial charge in [0, 0.05) is 10.9 Å². The van der Waals surface area contributed by atoms with Gasteiger partial charge in [-0.15, -0.1) is 0 Å². The van der Waals surface area contributed by atoms with Gasteiger partial charge in [-0.05, 0) is 30.9 Å². The molecule has 0 saturated heterocycles. The second kappa shape index (κ2) is 6.95. The molecule has 0 heterocycles. The van der Waals surface area contributed by atoms with E-state index in [1.807, 2.05) is 0 Å². The SMILES string of the molecule is COC(=O)CCCCc1c(Br)cc(N)c(F)c1Cl. The maximum absolute atomic E-state index is 13.5. The third kappa shape index (κ3) is 3.85. The van der Waals surface area contributed by atoms with Crippen molar-refractivity contribution < 1.29 is 13.9 Å². The van der Waals surface area contributed by atoms with Crippen molar-refractivity contribution in [3.05, 3.63) is 26.9 Å². The highest BCUT2D eigenvalue weighted by Gasteiger charge is 2.14. The quantitative estimate of drug-likeness (QED) is 0.385. The molecule has 0 aromatic heterocycles. The van der Waals surface area contributed by atoms with Crippen LogP contribution in [0.2, 0.25) is 5.02 Å². The Morgan fingerprint density at radius 3 is 2.83 bits per heavy atom. The molecule has 0 fully saturated rings. The number of unbranched alkanes of at least 4 members (excludes halogenated alkanes) is 1. The van der Waals surface area contributed by atoms with Crippen molar-refractivity contribution in [1.29, 1.82) is 0 Å². The van der Waals surface area contributed by atoms with Crippen molar-refractivity contribution in [3.63, 3.8) is 0 Å². The van der Waals surface area contributed by atoms with Crippen molar-refractivity contribution in [3.8, 4) is 0 Å². The van der Waals surface area contributed by atoms with Crippen LogP contribution in [0.3, 0.4) is 0 Å². The highest BCUT2D eigenvalue weighted by Crippen LogP contribution is 2.32. The molecule has 0 amide bonds. The Bertz CT molecular complexity index is 454. The Balaban J connectivity index is 2.63. The van der Waals surface area contributed by atoms with Crippen molar-refractivity contribution >= 4 is 39.2 Å². The number of halogens is 3. The smallest absolute Gasteiger partial charge is 0.305 e. The molecule has 0 saturated carbocycles. The van der Waals surface area contributed by atoms with Crippen LogP contribution >= 0.6 is 27.5 Å². The molecule has 1 aromatic rings. The minimum atomic E-state index is -0.595. The largest absolute Gasteiger partial charge is 0.469 e. The summed E-state index contributed by atoms with van der Waals surface area (Å²) in [6.45, 7) is 0. The minimum Gasteiger partial charge on any atom is -0.469 e. The number of nitrogens with two attached hydrogens (primary N) is 1. The van der Waals surface area contributed by atoms with E-state index in [9.17, 15) is 9.18 Å². The second-order valence-corrected chi connectivity index (χ2v) is 5.07. The number of rotatable bonds is 5. The molecule has 0 aliphatic carbocycles. The van der Waals surface area contributed by atoms with Crippen LogP contribution in [-0.2, 0) is 16.0 Å². The summed E-state index contributed by atoms with van der Waals surface area (Å²) >= 11 is 9.20. The lowest BCUT2D eigenvalue weighted by molar-refractivity contribution is -0.140. The number of benzene rings is 1. The maximum atomic E-state index is 13.5. The third-order valence-corrected chi connectivity index (χ3v) is 3.67. The zero-order valence-electron chi connectivity index (χ0n) is 9.93. The molecule has 0 bridgehead atoms. The Labute approximate surface area is 119 Å². The molecule has 100 valence electrons. The molecular formula is C12H14BrClFNO2. The summed E-state index contributed by atoms with van der Waals surface area (Å²) in [5, 5.41) is 0.0416. The van der Waals surface area contributed by atoms with Crippen molar-refractivity contribution in [2.75, 3.05) is 12.8 Å². The zero-order chi connectivity index (χ0) is 13.7. The molecule has 0 unspecified atom stereocenters. The summed E-state index contributed by atoms with van der Waals surface area (Å²) in [7, 11) is 1.35. The number of esters is 1. The molecule has 0 atom stereocenters. The Kier molecular flexibility index (Phi) is 5.88. The molecule has 1 rings (SSSR count). The van der Waals surface area contributed by atoms with Crippen LogP contribution in [0.4, 0.5) is 10.1 Å². The number of nitrogen functional groups attached to an aromatic ring is 1. The van der Waals surface area contributed by atoms with Crippen LogP contribution in [-0.4, -0.2) is 13.1 Å². The molecule has 6 heteroatoms. The molecule has 0 radical (unpaired) electrons. The minimum absolute atomic E-state index is 0.0187. The van der Waals surface area contributed by atoms with E-state index in [-0.39, 0.29) is 16.7 Å².